The SMILES string of the molecule is Cc1[nH]cnc1CNC(C)CC(C)C. The molecular formula is C11H21N3. The Kier molecular flexibility index (Phi) is 4.14. The summed E-state index contributed by atoms with van der Waals surface area (Å²) < 4.78 is 0. The summed E-state index contributed by atoms with van der Waals surface area (Å²) in [6.07, 6.45) is 2.96. The Morgan fingerprint density at radius 3 is 2.64 bits per heavy atom. The van der Waals surface area contributed by atoms with Gasteiger partial charge in [-0.3, -0.25) is 0 Å². The van der Waals surface area contributed by atoms with Crippen LogP contribution in [0.2, 0.25) is 0 Å². The Hall–Kier alpha value is -0.830. The summed E-state index contributed by atoms with van der Waals surface area (Å²) in [5.41, 5.74) is 2.29. The number of rotatable bonds is 5. The van der Waals surface area contributed by atoms with Crippen LogP contribution in [0, 0.1) is 12.8 Å². The highest BCUT2D eigenvalue weighted by atomic mass is 15.0. The van der Waals surface area contributed by atoms with Crippen molar-refractivity contribution >= 4 is 0 Å². The molecule has 0 bridgehead atoms. The van der Waals surface area contributed by atoms with E-state index in [2.05, 4.69) is 43.0 Å². The van der Waals surface area contributed by atoms with E-state index in [-0.39, 0.29) is 0 Å². The van der Waals surface area contributed by atoms with Crippen LogP contribution in [-0.2, 0) is 6.54 Å². The van der Waals surface area contributed by atoms with Crippen LogP contribution in [0.25, 0.3) is 0 Å². The summed E-state index contributed by atoms with van der Waals surface area (Å²) in [7, 11) is 0. The second-order valence-corrected chi connectivity index (χ2v) is 4.39. The first-order valence-electron chi connectivity index (χ1n) is 5.31. The third-order valence-electron chi connectivity index (χ3n) is 2.38. The van der Waals surface area contributed by atoms with E-state index >= 15 is 0 Å². The van der Waals surface area contributed by atoms with Gasteiger partial charge in [0.1, 0.15) is 0 Å². The summed E-state index contributed by atoms with van der Waals surface area (Å²) >= 11 is 0. The molecular weight excluding hydrogens is 174 g/mol. The maximum Gasteiger partial charge on any atom is 0.0925 e. The van der Waals surface area contributed by atoms with E-state index in [1.807, 2.05) is 0 Å². The van der Waals surface area contributed by atoms with Gasteiger partial charge >= 0.3 is 0 Å². The fourth-order valence-corrected chi connectivity index (χ4v) is 1.63. The average molecular weight is 195 g/mol. The Bertz CT molecular complexity index is 265. The van der Waals surface area contributed by atoms with Crippen molar-refractivity contribution in [3.63, 3.8) is 0 Å². The quantitative estimate of drug-likeness (QED) is 0.756. The highest BCUT2D eigenvalue weighted by Gasteiger charge is 2.06. The molecule has 1 heterocycles. The molecule has 0 spiro atoms. The second kappa shape index (κ2) is 5.15. The van der Waals surface area contributed by atoms with Crippen molar-refractivity contribution < 1.29 is 0 Å². The molecule has 80 valence electrons. The van der Waals surface area contributed by atoms with Crippen molar-refractivity contribution in [1.82, 2.24) is 15.3 Å². The maximum atomic E-state index is 4.25. The summed E-state index contributed by atoms with van der Waals surface area (Å²) in [6.45, 7) is 9.64. The molecule has 0 saturated carbocycles. The number of H-pyrrole nitrogens is 1. The van der Waals surface area contributed by atoms with Crippen LogP contribution in [0.15, 0.2) is 6.33 Å². The lowest BCUT2D eigenvalue weighted by Crippen LogP contribution is -2.27. The Balaban J connectivity index is 2.30. The van der Waals surface area contributed by atoms with Crippen molar-refractivity contribution in [3.05, 3.63) is 17.7 Å². The smallest absolute Gasteiger partial charge is 0.0925 e. The van der Waals surface area contributed by atoms with Crippen LogP contribution < -0.4 is 5.32 Å². The monoisotopic (exact) mass is 195 g/mol. The van der Waals surface area contributed by atoms with Gasteiger partial charge in [0, 0.05) is 18.3 Å². The minimum atomic E-state index is 0.561. The number of imidazole rings is 1. The number of nitrogens with one attached hydrogen (secondary N) is 2. The molecule has 1 atom stereocenters. The number of aromatic nitrogens is 2. The molecule has 1 aromatic heterocycles. The van der Waals surface area contributed by atoms with E-state index in [0.29, 0.717) is 6.04 Å². The molecule has 0 saturated heterocycles. The van der Waals surface area contributed by atoms with Crippen molar-refractivity contribution in [2.75, 3.05) is 0 Å². The number of nitrogens with zero attached hydrogens (tertiary/aromatic N) is 1. The fourth-order valence-electron chi connectivity index (χ4n) is 1.63. The van der Waals surface area contributed by atoms with Crippen molar-refractivity contribution in [1.29, 1.82) is 0 Å². The van der Waals surface area contributed by atoms with Crippen LogP contribution >= 0.6 is 0 Å². The molecule has 0 fully saturated rings. The molecule has 3 nitrogen and oxygen atoms in total. The molecule has 0 aliphatic heterocycles. The van der Waals surface area contributed by atoms with Gasteiger partial charge in [-0.15, -0.1) is 0 Å². The lowest BCUT2D eigenvalue weighted by molar-refractivity contribution is 0.439. The lowest BCUT2D eigenvalue weighted by Gasteiger charge is -2.15. The molecule has 2 N–H and O–H groups in total. The third kappa shape index (κ3) is 3.50. The third-order valence-corrected chi connectivity index (χ3v) is 2.38. The van der Waals surface area contributed by atoms with E-state index in [0.717, 1.165) is 23.9 Å². The van der Waals surface area contributed by atoms with Crippen molar-refractivity contribution in [3.8, 4) is 0 Å². The molecule has 0 aromatic carbocycles. The zero-order chi connectivity index (χ0) is 10.6. The average Bonchev–Trinajstić information content (AvgIpc) is 2.46. The topological polar surface area (TPSA) is 40.7 Å². The van der Waals surface area contributed by atoms with E-state index in [1.165, 1.54) is 6.42 Å². The van der Waals surface area contributed by atoms with Crippen LogP contribution in [0.4, 0.5) is 0 Å². The molecule has 3 heteroatoms. The number of aryl methyl sites for hydroxylation is 1. The number of hydrogen-bond donors (Lipinski definition) is 2. The largest absolute Gasteiger partial charge is 0.348 e. The standard InChI is InChI=1S/C11H21N3/c1-8(2)5-9(3)12-6-11-10(4)13-7-14-11/h7-9,12H,5-6H2,1-4H3,(H,13,14). The van der Waals surface area contributed by atoms with Crippen LogP contribution in [0.1, 0.15) is 38.6 Å². The van der Waals surface area contributed by atoms with Gasteiger partial charge in [0.25, 0.3) is 0 Å². The van der Waals surface area contributed by atoms with Gasteiger partial charge in [-0.05, 0) is 26.2 Å². The Morgan fingerprint density at radius 1 is 1.43 bits per heavy atom. The summed E-state index contributed by atoms with van der Waals surface area (Å²) in [5, 5.41) is 3.47. The van der Waals surface area contributed by atoms with E-state index < -0.39 is 0 Å². The fraction of sp³-hybridized carbons (Fsp3) is 0.727. The predicted molar refractivity (Wildman–Crippen MR) is 59.1 cm³/mol. The number of aromatic amines is 1. The summed E-state index contributed by atoms with van der Waals surface area (Å²) in [5.74, 6) is 0.748. The van der Waals surface area contributed by atoms with Gasteiger partial charge in [0.2, 0.25) is 0 Å². The molecule has 0 radical (unpaired) electrons. The van der Waals surface area contributed by atoms with Gasteiger partial charge in [-0.1, -0.05) is 13.8 Å². The van der Waals surface area contributed by atoms with Crippen LogP contribution in [0.3, 0.4) is 0 Å². The number of hydrogen-bond acceptors (Lipinski definition) is 2. The summed E-state index contributed by atoms with van der Waals surface area (Å²) in [6, 6.07) is 0.561. The second-order valence-electron chi connectivity index (χ2n) is 4.39. The van der Waals surface area contributed by atoms with Gasteiger partial charge in [-0.25, -0.2) is 4.98 Å². The minimum absolute atomic E-state index is 0.561. The first kappa shape index (κ1) is 11.2. The van der Waals surface area contributed by atoms with Crippen molar-refractivity contribution in [2.45, 2.75) is 46.7 Å². The van der Waals surface area contributed by atoms with E-state index in [9.17, 15) is 0 Å². The zero-order valence-electron chi connectivity index (χ0n) is 9.59. The zero-order valence-corrected chi connectivity index (χ0v) is 9.59. The minimum Gasteiger partial charge on any atom is -0.348 e. The highest BCUT2D eigenvalue weighted by Crippen LogP contribution is 2.05. The van der Waals surface area contributed by atoms with Gasteiger partial charge in [0.15, 0.2) is 0 Å². The van der Waals surface area contributed by atoms with Gasteiger partial charge in [0.05, 0.1) is 12.0 Å². The normalized spacial score (nSPS) is 13.5. The van der Waals surface area contributed by atoms with Crippen LogP contribution in [-0.4, -0.2) is 16.0 Å². The highest BCUT2D eigenvalue weighted by molar-refractivity contribution is 5.08. The van der Waals surface area contributed by atoms with E-state index in [1.54, 1.807) is 6.33 Å². The predicted octanol–water partition coefficient (Wildman–Crippen LogP) is 2.24. The Labute approximate surface area is 86.3 Å². The molecule has 1 aromatic rings. The first-order chi connectivity index (χ1) is 6.59. The molecule has 1 rings (SSSR count). The molecule has 0 aliphatic rings. The molecule has 1 unspecified atom stereocenters. The molecule has 14 heavy (non-hydrogen) atoms. The first-order valence-corrected chi connectivity index (χ1v) is 5.31. The molecule has 0 amide bonds. The lowest BCUT2D eigenvalue weighted by atomic mass is 10.1. The van der Waals surface area contributed by atoms with Crippen LogP contribution in [0.5, 0.6) is 0 Å². The van der Waals surface area contributed by atoms with E-state index in [4.69, 9.17) is 0 Å². The maximum absolute atomic E-state index is 4.25. The van der Waals surface area contributed by atoms with Gasteiger partial charge < -0.3 is 10.3 Å². The molecule has 0 aliphatic carbocycles. The Morgan fingerprint density at radius 2 is 2.14 bits per heavy atom. The van der Waals surface area contributed by atoms with Crippen molar-refractivity contribution in [2.24, 2.45) is 5.92 Å². The summed E-state index contributed by atoms with van der Waals surface area (Å²) in [4.78, 5) is 7.33. The van der Waals surface area contributed by atoms with Gasteiger partial charge in [-0.2, -0.15) is 0 Å².